The normalized spacial score (nSPS) is 19.7. The average Bonchev–Trinajstić information content (AvgIpc) is 2.69. The number of carbonyl (C=O) groups excluding carboxylic acids is 1. The molecule has 0 aromatic carbocycles. The van der Waals surface area contributed by atoms with Gasteiger partial charge in [-0.1, -0.05) is 6.92 Å². The molecular weight excluding hydrogens is 194 g/mol. The number of rotatable bonds is 2. The molecule has 1 unspecified atom stereocenters. The lowest BCUT2D eigenvalue weighted by Crippen LogP contribution is -2.27. The van der Waals surface area contributed by atoms with Crippen LogP contribution in [0, 0.1) is 5.92 Å². The molecule has 1 aliphatic heterocycles. The van der Waals surface area contributed by atoms with Crippen LogP contribution < -0.4 is 0 Å². The van der Waals surface area contributed by atoms with E-state index in [9.17, 15) is 4.79 Å². The monoisotopic (exact) mass is 209 g/mol. The maximum atomic E-state index is 11.4. The highest BCUT2D eigenvalue weighted by Gasteiger charge is 2.27. The standard InChI is InChI=1S/C10H15N3O2/c1-3-8-11-9-6-7(10(14)15-2)4-5-13(9)12-8/h7H,3-6H2,1-2H3. The molecule has 0 N–H and O–H groups in total. The molecule has 0 bridgehead atoms. The van der Waals surface area contributed by atoms with E-state index in [1.54, 1.807) is 0 Å². The first-order valence-electron chi connectivity index (χ1n) is 5.25. The number of aromatic nitrogens is 3. The van der Waals surface area contributed by atoms with Crippen LogP contribution in [0.25, 0.3) is 0 Å². The largest absolute Gasteiger partial charge is 0.469 e. The van der Waals surface area contributed by atoms with Crippen LogP contribution in [-0.4, -0.2) is 27.8 Å². The molecule has 0 radical (unpaired) electrons. The Morgan fingerprint density at radius 1 is 1.67 bits per heavy atom. The van der Waals surface area contributed by atoms with Gasteiger partial charge in [-0.25, -0.2) is 9.67 Å². The highest BCUT2D eigenvalue weighted by molar-refractivity contribution is 5.72. The summed E-state index contributed by atoms with van der Waals surface area (Å²) in [6.07, 6.45) is 2.29. The maximum Gasteiger partial charge on any atom is 0.309 e. The first-order valence-corrected chi connectivity index (χ1v) is 5.25. The molecule has 0 saturated heterocycles. The summed E-state index contributed by atoms with van der Waals surface area (Å²) in [5.74, 6) is 1.59. The Labute approximate surface area is 88.4 Å². The van der Waals surface area contributed by atoms with Gasteiger partial charge in [-0.15, -0.1) is 0 Å². The van der Waals surface area contributed by atoms with E-state index in [2.05, 4.69) is 10.1 Å². The Kier molecular flexibility index (Phi) is 2.70. The second-order valence-electron chi connectivity index (χ2n) is 3.73. The lowest BCUT2D eigenvalue weighted by atomic mass is 9.98. The number of aryl methyl sites for hydroxylation is 2. The van der Waals surface area contributed by atoms with Crippen LogP contribution in [0.4, 0.5) is 0 Å². The zero-order valence-electron chi connectivity index (χ0n) is 9.06. The maximum absolute atomic E-state index is 11.4. The van der Waals surface area contributed by atoms with Gasteiger partial charge in [0, 0.05) is 19.4 Å². The smallest absolute Gasteiger partial charge is 0.309 e. The molecule has 5 nitrogen and oxygen atoms in total. The molecule has 5 heteroatoms. The molecule has 1 aromatic rings. The molecule has 2 heterocycles. The minimum absolute atomic E-state index is 0.0450. The van der Waals surface area contributed by atoms with Gasteiger partial charge in [-0.3, -0.25) is 4.79 Å². The van der Waals surface area contributed by atoms with Gasteiger partial charge in [0.05, 0.1) is 13.0 Å². The predicted octanol–water partition coefficient (Wildman–Crippen LogP) is 0.576. The minimum atomic E-state index is -0.137. The molecule has 0 fully saturated rings. The summed E-state index contributed by atoms with van der Waals surface area (Å²) in [5.41, 5.74) is 0. The number of hydrogen-bond donors (Lipinski definition) is 0. The Hall–Kier alpha value is -1.39. The van der Waals surface area contributed by atoms with Gasteiger partial charge in [0.1, 0.15) is 5.82 Å². The van der Waals surface area contributed by atoms with Crippen molar-refractivity contribution in [3.05, 3.63) is 11.6 Å². The van der Waals surface area contributed by atoms with Crippen molar-refractivity contribution in [2.45, 2.75) is 32.7 Å². The van der Waals surface area contributed by atoms with E-state index in [1.165, 1.54) is 7.11 Å². The Balaban J connectivity index is 2.15. The molecule has 0 spiro atoms. The van der Waals surface area contributed by atoms with Gasteiger partial charge in [-0.05, 0) is 6.42 Å². The van der Waals surface area contributed by atoms with Gasteiger partial charge >= 0.3 is 5.97 Å². The first-order chi connectivity index (χ1) is 7.24. The fourth-order valence-corrected chi connectivity index (χ4v) is 1.87. The van der Waals surface area contributed by atoms with Crippen molar-refractivity contribution < 1.29 is 9.53 Å². The van der Waals surface area contributed by atoms with E-state index in [0.29, 0.717) is 6.42 Å². The van der Waals surface area contributed by atoms with Crippen LogP contribution in [0.3, 0.4) is 0 Å². The molecule has 0 amide bonds. The van der Waals surface area contributed by atoms with Crippen LogP contribution in [0.2, 0.25) is 0 Å². The van der Waals surface area contributed by atoms with Crippen molar-refractivity contribution in [1.82, 2.24) is 14.8 Å². The number of fused-ring (bicyclic) bond motifs is 1. The Morgan fingerprint density at radius 3 is 3.13 bits per heavy atom. The minimum Gasteiger partial charge on any atom is -0.469 e. The molecule has 82 valence electrons. The van der Waals surface area contributed by atoms with Gasteiger partial charge in [0.2, 0.25) is 0 Å². The predicted molar refractivity (Wildman–Crippen MR) is 53.2 cm³/mol. The highest BCUT2D eigenvalue weighted by atomic mass is 16.5. The van der Waals surface area contributed by atoms with Crippen LogP contribution in [-0.2, 0) is 28.9 Å². The second kappa shape index (κ2) is 4.00. The van der Waals surface area contributed by atoms with Crippen molar-refractivity contribution >= 4 is 5.97 Å². The third-order valence-electron chi connectivity index (χ3n) is 2.76. The summed E-state index contributed by atoms with van der Waals surface area (Å²) >= 11 is 0. The summed E-state index contributed by atoms with van der Waals surface area (Å²) < 4.78 is 6.64. The topological polar surface area (TPSA) is 57.0 Å². The molecule has 2 rings (SSSR count). The summed E-state index contributed by atoms with van der Waals surface area (Å²) in [6.45, 7) is 2.79. The van der Waals surface area contributed by atoms with Crippen molar-refractivity contribution in [3.8, 4) is 0 Å². The number of methoxy groups -OCH3 is 1. The van der Waals surface area contributed by atoms with Crippen LogP contribution in [0.1, 0.15) is 25.0 Å². The molecule has 15 heavy (non-hydrogen) atoms. The first kappa shape index (κ1) is 10.1. The number of hydrogen-bond acceptors (Lipinski definition) is 4. The van der Waals surface area contributed by atoms with E-state index >= 15 is 0 Å². The fourth-order valence-electron chi connectivity index (χ4n) is 1.87. The van der Waals surface area contributed by atoms with Crippen LogP contribution in [0.15, 0.2) is 0 Å². The number of ether oxygens (including phenoxy) is 1. The molecule has 1 atom stereocenters. The number of carbonyl (C=O) groups is 1. The molecule has 0 aliphatic carbocycles. The van der Waals surface area contributed by atoms with E-state index in [-0.39, 0.29) is 11.9 Å². The Bertz CT molecular complexity index is 373. The van der Waals surface area contributed by atoms with Crippen molar-refractivity contribution in [1.29, 1.82) is 0 Å². The lowest BCUT2D eigenvalue weighted by Gasteiger charge is -2.19. The summed E-state index contributed by atoms with van der Waals surface area (Å²) in [4.78, 5) is 15.8. The third-order valence-corrected chi connectivity index (χ3v) is 2.76. The van der Waals surface area contributed by atoms with Crippen molar-refractivity contribution in [2.75, 3.05) is 7.11 Å². The van der Waals surface area contributed by atoms with Crippen molar-refractivity contribution in [3.63, 3.8) is 0 Å². The highest BCUT2D eigenvalue weighted by Crippen LogP contribution is 2.19. The average molecular weight is 209 g/mol. The zero-order chi connectivity index (χ0) is 10.8. The molecule has 1 aromatic heterocycles. The SMILES string of the molecule is CCc1nc2n(n1)CCC(C(=O)OC)C2. The van der Waals surface area contributed by atoms with Gasteiger partial charge in [0.25, 0.3) is 0 Å². The molecular formula is C10H15N3O2. The fraction of sp³-hybridized carbons (Fsp3) is 0.700. The van der Waals surface area contributed by atoms with Gasteiger partial charge < -0.3 is 4.74 Å². The summed E-state index contributed by atoms with van der Waals surface area (Å²) in [7, 11) is 1.43. The molecule has 0 saturated carbocycles. The van der Waals surface area contributed by atoms with Crippen LogP contribution in [0.5, 0.6) is 0 Å². The van der Waals surface area contributed by atoms with E-state index < -0.39 is 0 Å². The quantitative estimate of drug-likeness (QED) is 0.668. The zero-order valence-corrected chi connectivity index (χ0v) is 9.06. The number of nitrogens with zero attached hydrogens (tertiary/aromatic N) is 3. The summed E-state index contributed by atoms with van der Waals surface area (Å²) in [6, 6.07) is 0. The number of esters is 1. The molecule has 1 aliphatic rings. The van der Waals surface area contributed by atoms with E-state index in [1.807, 2.05) is 11.6 Å². The lowest BCUT2D eigenvalue weighted by molar-refractivity contribution is -0.146. The van der Waals surface area contributed by atoms with Gasteiger partial charge in [0.15, 0.2) is 5.82 Å². The summed E-state index contributed by atoms with van der Waals surface area (Å²) in [5, 5.41) is 4.34. The third kappa shape index (κ3) is 1.86. The van der Waals surface area contributed by atoms with Crippen molar-refractivity contribution in [2.24, 2.45) is 5.92 Å². The van der Waals surface area contributed by atoms with E-state index in [0.717, 1.165) is 31.0 Å². The second-order valence-corrected chi connectivity index (χ2v) is 3.73. The van der Waals surface area contributed by atoms with E-state index in [4.69, 9.17) is 4.74 Å². The van der Waals surface area contributed by atoms with Gasteiger partial charge in [-0.2, -0.15) is 5.10 Å². The van der Waals surface area contributed by atoms with Crippen LogP contribution >= 0.6 is 0 Å². The Morgan fingerprint density at radius 2 is 2.47 bits per heavy atom.